The molecule has 0 aliphatic heterocycles. The molecule has 2 N–H and O–H groups in total. The van der Waals surface area contributed by atoms with Gasteiger partial charge in [-0.15, -0.1) is 0 Å². The summed E-state index contributed by atoms with van der Waals surface area (Å²) >= 11 is 0. The highest BCUT2D eigenvalue weighted by atomic mass is 16.1. The average molecular weight is 412 g/mol. The number of rotatable bonds is 0. The maximum atomic E-state index is 12.0. The quantitative estimate of drug-likeness (QED) is 0.301. The largest absolute Gasteiger partial charge is 0.322 e. The Morgan fingerprint density at radius 3 is 1.12 bits per heavy atom. The summed E-state index contributed by atoms with van der Waals surface area (Å²) in [6, 6.07) is 27.9. The summed E-state index contributed by atoms with van der Waals surface area (Å²) in [5.74, 6) is 0. The molecule has 0 amide bonds. The van der Waals surface area contributed by atoms with E-state index in [2.05, 4.69) is 58.5 Å². The van der Waals surface area contributed by atoms with Crippen LogP contribution in [0.4, 0.5) is 0 Å². The minimum absolute atomic E-state index is 0.109. The van der Waals surface area contributed by atoms with Gasteiger partial charge in [0, 0.05) is 33.9 Å². The van der Waals surface area contributed by atoms with Gasteiger partial charge < -0.3 is 9.97 Å². The van der Waals surface area contributed by atoms with Crippen molar-refractivity contribution in [2.75, 3.05) is 0 Å². The number of hydrogen-bond donors (Lipinski definition) is 2. The third-order valence-electron chi connectivity index (χ3n) is 6.53. The number of H-pyrrole nitrogens is 2. The average Bonchev–Trinajstić information content (AvgIpc) is 2.82. The third kappa shape index (κ3) is 2.26. The Morgan fingerprint density at radius 2 is 0.719 bits per heavy atom. The number of pyridine rings is 2. The maximum Gasteiger partial charge on any atom is 0.248 e. The lowest BCUT2D eigenvalue weighted by molar-refractivity contribution is 1.31. The van der Waals surface area contributed by atoms with Crippen LogP contribution >= 0.6 is 0 Å². The summed E-state index contributed by atoms with van der Waals surface area (Å²) in [6.07, 6.45) is 0. The van der Waals surface area contributed by atoms with E-state index < -0.39 is 0 Å². The first-order valence-electron chi connectivity index (χ1n) is 10.5. The van der Waals surface area contributed by atoms with E-state index in [1.54, 1.807) is 12.1 Å². The van der Waals surface area contributed by atoms with Gasteiger partial charge in [0.25, 0.3) is 0 Å². The highest BCUT2D eigenvalue weighted by Crippen LogP contribution is 2.40. The number of hydrogen-bond acceptors (Lipinski definition) is 2. The van der Waals surface area contributed by atoms with E-state index in [9.17, 15) is 9.59 Å². The summed E-state index contributed by atoms with van der Waals surface area (Å²) in [6.45, 7) is 0. The van der Waals surface area contributed by atoms with Crippen LogP contribution in [0.2, 0.25) is 0 Å². The first kappa shape index (κ1) is 17.3. The summed E-state index contributed by atoms with van der Waals surface area (Å²) in [4.78, 5) is 29.9. The zero-order chi connectivity index (χ0) is 21.4. The van der Waals surface area contributed by atoms with Crippen molar-refractivity contribution in [1.29, 1.82) is 0 Å². The fourth-order valence-electron chi connectivity index (χ4n) is 5.15. The van der Waals surface area contributed by atoms with Crippen molar-refractivity contribution in [3.8, 4) is 0 Å². The van der Waals surface area contributed by atoms with Crippen LogP contribution in [-0.2, 0) is 0 Å². The van der Waals surface area contributed by atoms with Crippen LogP contribution in [0.25, 0.3) is 64.9 Å². The molecule has 7 aromatic rings. The maximum absolute atomic E-state index is 12.0. The molecule has 0 bridgehead atoms. The molecule has 0 saturated heterocycles. The molecule has 0 fully saturated rings. The van der Waals surface area contributed by atoms with Crippen molar-refractivity contribution in [3.05, 3.63) is 106 Å². The SMILES string of the molecule is O=c1ccc2c(ccc3ccc4ccc5ccc6ccc7[nH]c(=O)ccc7c6c5c4c32)[nH]1. The van der Waals surface area contributed by atoms with Crippen LogP contribution < -0.4 is 11.1 Å². The van der Waals surface area contributed by atoms with Crippen LogP contribution in [0.15, 0.2) is 94.5 Å². The molecule has 4 heteroatoms. The van der Waals surface area contributed by atoms with Crippen molar-refractivity contribution in [3.63, 3.8) is 0 Å². The van der Waals surface area contributed by atoms with Crippen molar-refractivity contribution < 1.29 is 0 Å². The molecule has 2 heterocycles. The molecule has 5 aromatic carbocycles. The first-order valence-corrected chi connectivity index (χ1v) is 10.5. The van der Waals surface area contributed by atoms with Crippen molar-refractivity contribution in [2.45, 2.75) is 0 Å². The highest BCUT2D eigenvalue weighted by molar-refractivity contribution is 6.34. The smallest absolute Gasteiger partial charge is 0.248 e. The van der Waals surface area contributed by atoms with E-state index in [4.69, 9.17) is 0 Å². The topological polar surface area (TPSA) is 65.7 Å². The molecule has 0 radical (unpaired) electrons. The van der Waals surface area contributed by atoms with E-state index in [0.29, 0.717) is 0 Å². The van der Waals surface area contributed by atoms with Gasteiger partial charge in [-0.25, -0.2) is 0 Å². The van der Waals surface area contributed by atoms with Gasteiger partial charge in [-0.2, -0.15) is 0 Å². The lowest BCUT2D eigenvalue weighted by Crippen LogP contribution is -2.02. The van der Waals surface area contributed by atoms with Crippen molar-refractivity contribution in [2.24, 2.45) is 0 Å². The second-order valence-electron chi connectivity index (χ2n) is 8.29. The second kappa shape index (κ2) is 6.05. The lowest BCUT2D eigenvalue weighted by atomic mass is 9.90. The number of aromatic nitrogens is 2. The molecule has 0 atom stereocenters. The monoisotopic (exact) mass is 412 g/mol. The van der Waals surface area contributed by atoms with Gasteiger partial charge in [0.15, 0.2) is 0 Å². The Balaban J connectivity index is 1.87. The van der Waals surface area contributed by atoms with Crippen LogP contribution in [0.3, 0.4) is 0 Å². The van der Waals surface area contributed by atoms with Crippen LogP contribution in [-0.4, -0.2) is 9.97 Å². The van der Waals surface area contributed by atoms with Gasteiger partial charge >= 0.3 is 0 Å². The van der Waals surface area contributed by atoms with Gasteiger partial charge in [-0.3, -0.25) is 9.59 Å². The van der Waals surface area contributed by atoms with Crippen LogP contribution in [0.5, 0.6) is 0 Å². The first-order chi connectivity index (χ1) is 15.7. The fourth-order valence-corrected chi connectivity index (χ4v) is 5.15. The number of aromatic amines is 2. The van der Waals surface area contributed by atoms with Gasteiger partial charge in [-0.1, -0.05) is 48.5 Å². The molecule has 0 spiro atoms. The van der Waals surface area contributed by atoms with Gasteiger partial charge in [0.1, 0.15) is 0 Å². The molecule has 0 aliphatic rings. The minimum atomic E-state index is -0.109. The summed E-state index contributed by atoms with van der Waals surface area (Å²) in [7, 11) is 0. The zero-order valence-corrected chi connectivity index (χ0v) is 16.9. The van der Waals surface area contributed by atoms with E-state index in [-0.39, 0.29) is 11.1 Å². The normalized spacial score (nSPS) is 12.0. The molecule has 7 rings (SSSR count). The molecule has 4 nitrogen and oxygen atoms in total. The molecule has 0 aliphatic carbocycles. The highest BCUT2D eigenvalue weighted by Gasteiger charge is 2.13. The second-order valence-corrected chi connectivity index (χ2v) is 8.29. The molecular weight excluding hydrogens is 396 g/mol. The third-order valence-corrected chi connectivity index (χ3v) is 6.53. The summed E-state index contributed by atoms with van der Waals surface area (Å²) < 4.78 is 0. The van der Waals surface area contributed by atoms with E-state index in [1.165, 1.54) is 0 Å². The van der Waals surface area contributed by atoms with Gasteiger partial charge in [0.05, 0.1) is 0 Å². The molecular formula is C28H16N2O2. The predicted octanol–water partition coefficient (Wildman–Crippen LogP) is 5.98. The van der Waals surface area contributed by atoms with E-state index >= 15 is 0 Å². The number of benzene rings is 5. The number of fused-ring (bicyclic) bond motifs is 11. The number of nitrogens with one attached hydrogen (secondary N) is 2. The van der Waals surface area contributed by atoms with Crippen molar-refractivity contribution in [1.82, 2.24) is 9.97 Å². The molecule has 32 heavy (non-hydrogen) atoms. The Hall–Kier alpha value is -4.44. The Bertz CT molecular complexity index is 1870. The standard InChI is InChI=1S/C28H16N2O2/c31-23-13-9-19-21(29-23)11-7-15-1-3-17-5-6-18-4-2-16-8-12-22-20(10-14-24(32)30-22)26(16)28(18)27(17)25(15)19/h1-14H,(H,29,31)(H,30,32). The van der Waals surface area contributed by atoms with Gasteiger partial charge in [-0.05, 0) is 67.4 Å². The fraction of sp³-hybridized carbons (Fsp3) is 0. The van der Waals surface area contributed by atoms with Crippen LogP contribution in [0, 0.1) is 0 Å². The minimum Gasteiger partial charge on any atom is -0.322 e. The molecule has 0 saturated carbocycles. The summed E-state index contributed by atoms with van der Waals surface area (Å²) in [5, 5.41) is 11.1. The Labute approximate surface area is 180 Å². The Kier molecular flexibility index (Phi) is 3.26. The Morgan fingerprint density at radius 1 is 0.375 bits per heavy atom. The van der Waals surface area contributed by atoms with E-state index in [0.717, 1.165) is 64.9 Å². The van der Waals surface area contributed by atoms with Crippen LogP contribution in [0.1, 0.15) is 0 Å². The van der Waals surface area contributed by atoms with Gasteiger partial charge in [0.2, 0.25) is 11.1 Å². The van der Waals surface area contributed by atoms with E-state index in [1.807, 2.05) is 24.3 Å². The summed E-state index contributed by atoms with van der Waals surface area (Å²) in [5.41, 5.74) is 1.43. The van der Waals surface area contributed by atoms with Crippen molar-refractivity contribution >= 4 is 64.9 Å². The predicted molar refractivity (Wildman–Crippen MR) is 133 cm³/mol. The molecule has 2 aromatic heterocycles. The molecule has 150 valence electrons. The lowest BCUT2D eigenvalue weighted by Gasteiger charge is -2.14. The zero-order valence-electron chi connectivity index (χ0n) is 16.9. The molecule has 0 unspecified atom stereocenters.